The largest absolute Gasteiger partial charge is 0.396 e. The number of rotatable bonds is 7. The number of hydrogen-bond donors (Lipinski definition) is 3. The number of hydrogen-bond acceptors (Lipinski definition) is 6. The molecule has 0 fully saturated rings. The Bertz CT molecular complexity index is 526. The molecule has 0 aliphatic heterocycles. The van der Waals surface area contributed by atoms with Crippen LogP contribution in [0, 0.1) is 0 Å². The summed E-state index contributed by atoms with van der Waals surface area (Å²) in [6, 6.07) is 0. The van der Waals surface area contributed by atoms with Crippen LogP contribution in [0.1, 0.15) is 19.3 Å². The molecule has 0 bridgehead atoms. The molecule has 2 heterocycles. The third-order valence-corrected chi connectivity index (χ3v) is 3.03. The van der Waals surface area contributed by atoms with Crippen molar-refractivity contribution in [2.45, 2.75) is 19.3 Å². The zero-order valence-corrected chi connectivity index (χ0v) is 11.3. The lowest BCUT2D eigenvalue weighted by Gasteiger charge is -2.19. The van der Waals surface area contributed by atoms with E-state index in [1.165, 1.54) is 0 Å². The van der Waals surface area contributed by atoms with Crippen LogP contribution in [0.3, 0.4) is 0 Å². The SMILES string of the molecule is CNc1nc(N(C)CCCCCO)c2cn[nH]c2n1. The number of aliphatic hydroxyl groups is 1. The van der Waals surface area contributed by atoms with Gasteiger partial charge in [0.05, 0.1) is 11.6 Å². The fraction of sp³-hybridized carbons (Fsp3) is 0.583. The minimum absolute atomic E-state index is 0.257. The van der Waals surface area contributed by atoms with E-state index in [1.54, 1.807) is 13.2 Å². The van der Waals surface area contributed by atoms with E-state index in [1.807, 2.05) is 7.05 Å². The van der Waals surface area contributed by atoms with Gasteiger partial charge in [0.15, 0.2) is 5.65 Å². The molecule has 0 unspecified atom stereocenters. The quantitative estimate of drug-likeness (QED) is 0.646. The Balaban J connectivity index is 2.15. The molecule has 0 aromatic carbocycles. The van der Waals surface area contributed by atoms with Crippen molar-refractivity contribution in [3.05, 3.63) is 6.20 Å². The molecule has 0 aliphatic rings. The Morgan fingerprint density at radius 1 is 1.32 bits per heavy atom. The first kappa shape index (κ1) is 13.5. The van der Waals surface area contributed by atoms with Crippen LogP contribution < -0.4 is 10.2 Å². The van der Waals surface area contributed by atoms with E-state index in [9.17, 15) is 0 Å². The van der Waals surface area contributed by atoms with E-state index in [4.69, 9.17) is 5.11 Å². The zero-order chi connectivity index (χ0) is 13.7. The van der Waals surface area contributed by atoms with Gasteiger partial charge < -0.3 is 15.3 Å². The Hall–Kier alpha value is -1.89. The fourth-order valence-corrected chi connectivity index (χ4v) is 1.97. The first-order chi connectivity index (χ1) is 9.26. The summed E-state index contributed by atoms with van der Waals surface area (Å²) in [5, 5.41) is 19.5. The molecule has 0 radical (unpaired) electrons. The monoisotopic (exact) mass is 264 g/mol. The Labute approximate surface area is 112 Å². The smallest absolute Gasteiger partial charge is 0.226 e. The van der Waals surface area contributed by atoms with Crippen molar-refractivity contribution in [3.8, 4) is 0 Å². The van der Waals surface area contributed by atoms with Crippen molar-refractivity contribution >= 4 is 22.8 Å². The second kappa shape index (κ2) is 6.33. The number of nitrogens with one attached hydrogen (secondary N) is 2. The van der Waals surface area contributed by atoms with Gasteiger partial charge in [0, 0.05) is 27.2 Å². The summed E-state index contributed by atoms with van der Waals surface area (Å²) in [4.78, 5) is 10.9. The number of aromatic nitrogens is 4. The van der Waals surface area contributed by atoms with E-state index in [-0.39, 0.29) is 6.61 Å². The van der Waals surface area contributed by atoms with Gasteiger partial charge in [0.25, 0.3) is 0 Å². The molecule has 19 heavy (non-hydrogen) atoms. The predicted molar refractivity (Wildman–Crippen MR) is 75.4 cm³/mol. The number of H-pyrrole nitrogens is 1. The third kappa shape index (κ3) is 3.11. The predicted octanol–water partition coefficient (Wildman–Crippen LogP) is 0.993. The van der Waals surface area contributed by atoms with Crippen LogP contribution >= 0.6 is 0 Å². The van der Waals surface area contributed by atoms with Crippen LogP contribution in [-0.4, -0.2) is 52.5 Å². The molecule has 3 N–H and O–H groups in total. The van der Waals surface area contributed by atoms with Crippen LogP contribution in [0.15, 0.2) is 6.20 Å². The van der Waals surface area contributed by atoms with Crippen molar-refractivity contribution in [3.63, 3.8) is 0 Å². The lowest BCUT2D eigenvalue weighted by Crippen LogP contribution is -2.20. The topological polar surface area (TPSA) is 90.0 Å². The Morgan fingerprint density at radius 3 is 2.89 bits per heavy atom. The molecule has 0 aliphatic carbocycles. The second-order valence-electron chi connectivity index (χ2n) is 4.46. The molecule has 0 saturated heterocycles. The molecule has 7 nitrogen and oxygen atoms in total. The van der Waals surface area contributed by atoms with Gasteiger partial charge in [0.2, 0.25) is 5.95 Å². The first-order valence-corrected chi connectivity index (χ1v) is 6.47. The molecular formula is C12H20N6O. The number of anilines is 2. The van der Waals surface area contributed by atoms with Gasteiger partial charge in [-0.2, -0.15) is 15.1 Å². The molecular weight excluding hydrogens is 244 g/mol. The summed E-state index contributed by atoms with van der Waals surface area (Å²) in [7, 11) is 3.80. The Kier molecular flexibility index (Phi) is 4.51. The molecule has 0 amide bonds. The van der Waals surface area contributed by atoms with Crippen LogP contribution in [0.25, 0.3) is 11.0 Å². The van der Waals surface area contributed by atoms with E-state index in [0.29, 0.717) is 5.95 Å². The molecule has 0 spiro atoms. The molecule has 2 aromatic rings. The summed E-state index contributed by atoms with van der Waals surface area (Å²) in [6.07, 6.45) is 4.63. The second-order valence-corrected chi connectivity index (χ2v) is 4.46. The maximum atomic E-state index is 8.78. The van der Waals surface area contributed by atoms with Gasteiger partial charge in [-0.25, -0.2) is 0 Å². The molecule has 104 valence electrons. The minimum Gasteiger partial charge on any atom is -0.396 e. The first-order valence-electron chi connectivity index (χ1n) is 6.47. The number of aromatic amines is 1. The summed E-state index contributed by atoms with van der Waals surface area (Å²) < 4.78 is 0. The number of aliphatic hydroxyl groups excluding tert-OH is 1. The van der Waals surface area contributed by atoms with Crippen LogP contribution in [-0.2, 0) is 0 Å². The van der Waals surface area contributed by atoms with Gasteiger partial charge in [0.1, 0.15) is 5.82 Å². The van der Waals surface area contributed by atoms with Gasteiger partial charge in [-0.1, -0.05) is 0 Å². The highest BCUT2D eigenvalue weighted by atomic mass is 16.2. The average molecular weight is 264 g/mol. The average Bonchev–Trinajstić information content (AvgIpc) is 2.90. The van der Waals surface area contributed by atoms with E-state index in [2.05, 4.69) is 30.4 Å². The highest BCUT2D eigenvalue weighted by Crippen LogP contribution is 2.23. The highest BCUT2D eigenvalue weighted by Gasteiger charge is 2.12. The summed E-state index contributed by atoms with van der Waals surface area (Å²) in [6.45, 7) is 1.15. The Morgan fingerprint density at radius 2 is 2.16 bits per heavy atom. The number of nitrogens with zero attached hydrogens (tertiary/aromatic N) is 4. The van der Waals surface area contributed by atoms with Gasteiger partial charge in [-0.05, 0) is 19.3 Å². The molecule has 2 rings (SSSR count). The van der Waals surface area contributed by atoms with Crippen molar-refractivity contribution in [2.24, 2.45) is 0 Å². The van der Waals surface area contributed by atoms with Crippen LogP contribution in [0.4, 0.5) is 11.8 Å². The zero-order valence-electron chi connectivity index (χ0n) is 11.3. The standard InChI is InChI=1S/C12H20N6O/c1-13-12-15-10-9(8-14-17-10)11(16-12)18(2)6-4-3-5-7-19/h8,19H,3-7H2,1-2H3,(H2,13,14,15,16,17). The van der Waals surface area contributed by atoms with Gasteiger partial charge in [-0.3, -0.25) is 5.10 Å². The normalized spacial score (nSPS) is 10.9. The maximum Gasteiger partial charge on any atom is 0.226 e. The molecule has 2 aromatic heterocycles. The van der Waals surface area contributed by atoms with E-state index in [0.717, 1.165) is 42.7 Å². The summed E-state index contributed by atoms with van der Waals surface area (Å²) in [5.74, 6) is 1.45. The van der Waals surface area contributed by atoms with Crippen LogP contribution in [0.5, 0.6) is 0 Å². The van der Waals surface area contributed by atoms with Crippen molar-refractivity contribution < 1.29 is 5.11 Å². The molecule has 0 saturated carbocycles. The van der Waals surface area contributed by atoms with E-state index >= 15 is 0 Å². The van der Waals surface area contributed by atoms with Gasteiger partial charge >= 0.3 is 0 Å². The summed E-state index contributed by atoms with van der Waals surface area (Å²) in [5.41, 5.74) is 0.733. The van der Waals surface area contributed by atoms with Crippen molar-refractivity contribution in [1.29, 1.82) is 0 Å². The molecule has 7 heteroatoms. The van der Waals surface area contributed by atoms with Crippen molar-refractivity contribution in [2.75, 3.05) is 37.5 Å². The highest BCUT2D eigenvalue weighted by molar-refractivity contribution is 5.87. The van der Waals surface area contributed by atoms with E-state index < -0.39 is 0 Å². The lowest BCUT2D eigenvalue weighted by molar-refractivity contribution is 0.283. The van der Waals surface area contributed by atoms with Gasteiger partial charge in [-0.15, -0.1) is 0 Å². The lowest BCUT2D eigenvalue weighted by atomic mass is 10.2. The number of unbranched alkanes of at least 4 members (excludes halogenated alkanes) is 2. The van der Waals surface area contributed by atoms with Crippen LogP contribution in [0.2, 0.25) is 0 Å². The fourth-order valence-electron chi connectivity index (χ4n) is 1.97. The minimum atomic E-state index is 0.257. The van der Waals surface area contributed by atoms with Crippen molar-refractivity contribution in [1.82, 2.24) is 20.2 Å². The number of fused-ring (bicyclic) bond motifs is 1. The molecule has 0 atom stereocenters. The third-order valence-electron chi connectivity index (χ3n) is 3.03. The maximum absolute atomic E-state index is 8.78. The summed E-state index contributed by atoms with van der Waals surface area (Å²) >= 11 is 0.